The molecule has 0 aromatic carbocycles. The Bertz CT molecular complexity index is 245. The molecule has 66 valence electrons. The summed E-state index contributed by atoms with van der Waals surface area (Å²) in [6.07, 6.45) is 6.06. The molecule has 3 aliphatic carbocycles. The van der Waals surface area contributed by atoms with Crippen LogP contribution in [0.15, 0.2) is 0 Å². The van der Waals surface area contributed by atoms with Crippen LogP contribution in [0.4, 0.5) is 0 Å². The van der Waals surface area contributed by atoms with Crippen LogP contribution in [0.25, 0.3) is 0 Å². The Morgan fingerprint density at radius 2 is 2.25 bits per heavy atom. The van der Waals surface area contributed by atoms with Crippen molar-refractivity contribution >= 4 is 5.78 Å². The lowest BCUT2D eigenvalue weighted by Crippen LogP contribution is -2.24. The molecule has 3 saturated carbocycles. The van der Waals surface area contributed by atoms with E-state index < -0.39 is 0 Å². The van der Waals surface area contributed by atoms with E-state index in [9.17, 15) is 4.79 Å². The van der Waals surface area contributed by atoms with E-state index in [1.165, 1.54) is 19.3 Å². The first kappa shape index (κ1) is 7.11. The average molecular weight is 164 g/mol. The summed E-state index contributed by atoms with van der Waals surface area (Å²) in [7, 11) is 0. The van der Waals surface area contributed by atoms with E-state index in [1.54, 1.807) is 0 Å². The Kier molecular flexibility index (Phi) is 1.15. The van der Waals surface area contributed by atoms with E-state index in [4.69, 9.17) is 0 Å². The molecule has 0 aromatic heterocycles. The van der Waals surface area contributed by atoms with E-state index in [0.29, 0.717) is 11.2 Å². The molecule has 0 heterocycles. The Balaban J connectivity index is 1.98. The molecule has 0 aromatic rings. The molecule has 2 bridgehead atoms. The van der Waals surface area contributed by atoms with Crippen molar-refractivity contribution in [1.29, 1.82) is 0 Å². The van der Waals surface area contributed by atoms with Crippen LogP contribution >= 0.6 is 0 Å². The lowest BCUT2D eigenvalue weighted by atomic mass is 9.73. The van der Waals surface area contributed by atoms with Crippen molar-refractivity contribution in [2.45, 2.75) is 39.0 Å². The number of hydrogen-bond donors (Lipinski definition) is 0. The molecule has 1 nitrogen and oxygen atoms in total. The summed E-state index contributed by atoms with van der Waals surface area (Å²) < 4.78 is 0. The second-order valence-electron chi connectivity index (χ2n) is 5.37. The molecule has 3 aliphatic rings. The zero-order valence-electron chi connectivity index (χ0n) is 7.68. The first-order chi connectivity index (χ1) is 5.69. The minimum Gasteiger partial charge on any atom is -0.300 e. The van der Waals surface area contributed by atoms with E-state index in [-0.39, 0.29) is 0 Å². The maximum absolute atomic E-state index is 11.3. The molecule has 3 rings (SSSR count). The van der Waals surface area contributed by atoms with Gasteiger partial charge in [-0.05, 0) is 42.4 Å². The lowest BCUT2D eigenvalue weighted by molar-refractivity contribution is -0.118. The SMILES string of the molecule is CC12CCC(C1)C1CC(=O)CC12. The molecular weight excluding hydrogens is 148 g/mol. The zero-order valence-corrected chi connectivity index (χ0v) is 7.68. The zero-order chi connectivity index (χ0) is 8.34. The monoisotopic (exact) mass is 164 g/mol. The highest BCUT2D eigenvalue weighted by Crippen LogP contribution is 2.64. The Hall–Kier alpha value is -0.330. The van der Waals surface area contributed by atoms with Gasteiger partial charge in [-0.25, -0.2) is 0 Å². The second kappa shape index (κ2) is 1.94. The van der Waals surface area contributed by atoms with Gasteiger partial charge in [0.05, 0.1) is 0 Å². The van der Waals surface area contributed by atoms with Gasteiger partial charge in [0.2, 0.25) is 0 Å². The highest BCUT2D eigenvalue weighted by molar-refractivity contribution is 5.81. The minimum absolute atomic E-state index is 0.544. The normalized spacial score (nSPS) is 56.4. The summed E-state index contributed by atoms with van der Waals surface area (Å²) >= 11 is 0. The number of ketones is 1. The van der Waals surface area contributed by atoms with Gasteiger partial charge >= 0.3 is 0 Å². The fourth-order valence-electron chi connectivity index (χ4n) is 4.16. The second-order valence-corrected chi connectivity index (χ2v) is 5.37. The summed E-state index contributed by atoms with van der Waals surface area (Å²) in [5, 5.41) is 0. The Morgan fingerprint density at radius 1 is 1.42 bits per heavy atom. The van der Waals surface area contributed by atoms with Crippen LogP contribution < -0.4 is 0 Å². The molecule has 0 N–H and O–H groups in total. The standard InChI is InChI=1S/C11H16O/c1-11-3-2-7(6-11)9-4-8(12)5-10(9)11/h7,9-10H,2-6H2,1H3. The fraction of sp³-hybridized carbons (Fsp3) is 0.909. The largest absolute Gasteiger partial charge is 0.300 e. The molecule has 0 saturated heterocycles. The van der Waals surface area contributed by atoms with E-state index in [1.807, 2.05) is 0 Å². The molecule has 4 unspecified atom stereocenters. The molecular formula is C11H16O. The number of fused-ring (bicyclic) bond motifs is 5. The molecule has 4 atom stereocenters. The van der Waals surface area contributed by atoms with Crippen molar-refractivity contribution < 1.29 is 4.79 Å². The first-order valence-electron chi connectivity index (χ1n) is 5.21. The molecule has 3 fully saturated rings. The van der Waals surface area contributed by atoms with Crippen LogP contribution in [0.5, 0.6) is 0 Å². The summed E-state index contributed by atoms with van der Waals surface area (Å²) in [5.74, 6) is 3.05. The topological polar surface area (TPSA) is 17.1 Å². The van der Waals surface area contributed by atoms with Crippen molar-refractivity contribution in [3.63, 3.8) is 0 Å². The number of hydrogen-bond acceptors (Lipinski definition) is 1. The van der Waals surface area contributed by atoms with Crippen LogP contribution in [0, 0.1) is 23.2 Å². The van der Waals surface area contributed by atoms with Crippen molar-refractivity contribution in [3.05, 3.63) is 0 Å². The van der Waals surface area contributed by atoms with Gasteiger partial charge in [0, 0.05) is 12.8 Å². The average Bonchev–Trinajstić information content (AvgIpc) is 2.57. The maximum Gasteiger partial charge on any atom is 0.133 e. The third-order valence-corrected chi connectivity index (χ3v) is 4.74. The van der Waals surface area contributed by atoms with E-state index in [2.05, 4.69) is 6.92 Å². The van der Waals surface area contributed by atoms with Gasteiger partial charge < -0.3 is 0 Å². The van der Waals surface area contributed by atoms with Crippen molar-refractivity contribution in [2.75, 3.05) is 0 Å². The minimum atomic E-state index is 0.544. The van der Waals surface area contributed by atoms with Crippen molar-refractivity contribution in [3.8, 4) is 0 Å². The summed E-state index contributed by atoms with van der Waals surface area (Å²) in [6, 6.07) is 0. The number of Topliss-reactive ketones (excluding diaryl/α,β-unsaturated/α-hetero) is 1. The van der Waals surface area contributed by atoms with Gasteiger partial charge in [-0.3, -0.25) is 4.79 Å². The summed E-state index contributed by atoms with van der Waals surface area (Å²) in [6.45, 7) is 2.41. The predicted molar refractivity (Wildman–Crippen MR) is 46.7 cm³/mol. The van der Waals surface area contributed by atoms with Crippen LogP contribution in [0.2, 0.25) is 0 Å². The quantitative estimate of drug-likeness (QED) is 0.537. The van der Waals surface area contributed by atoms with E-state index in [0.717, 1.165) is 30.6 Å². The van der Waals surface area contributed by atoms with Gasteiger partial charge in [-0.15, -0.1) is 0 Å². The predicted octanol–water partition coefficient (Wildman–Crippen LogP) is 2.40. The van der Waals surface area contributed by atoms with Crippen molar-refractivity contribution in [2.24, 2.45) is 23.2 Å². The van der Waals surface area contributed by atoms with Gasteiger partial charge in [0.1, 0.15) is 5.78 Å². The summed E-state index contributed by atoms with van der Waals surface area (Å²) in [4.78, 5) is 11.3. The fourth-order valence-corrected chi connectivity index (χ4v) is 4.16. The lowest BCUT2D eigenvalue weighted by Gasteiger charge is -2.31. The first-order valence-corrected chi connectivity index (χ1v) is 5.21. The van der Waals surface area contributed by atoms with Crippen LogP contribution in [-0.2, 0) is 4.79 Å². The smallest absolute Gasteiger partial charge is 0.133 e. The number of carbonyl (C=O) groups excluding carboxylic acids is 1. The van der Waals surface area contributed by atoms with Gasteiger partial charge in [0.15, 0.2) is 0 Å². The van der Waals surface area contributed by atoms with E-state index >= 15 is 0 Å². The maximum atomic E-state index is 11.3. The highest BCUT2D eigenvalue weighted by atomic mass is 16.1. The molecule has 0 aliphatic heterocycles. The Morgan fingerprint density at radius 3 is 3.00 bits per heavy atom. The molecule has 0 spiro atoms. The van der Waals surface area contributed by atoms with Gasteiger partial charge in [-0.1, -0.05) is 6.92 Å². The van der Waals surface area contributed by atoms with Crippen LogP contribution in [0.1, 0.15) is 39.0 Å². The molecule has 1 heteroatoms. The van der Waals surface area contributed by atoms with Crippen molar-refractivity contribution in [1.82, 2.24) is 0 Å². The number of carbonyl (C=O) groups is 1. The molecule has 0 radical (unpaired) electrons. The van der Waals surface area contributed by atoms with Gasteiger partial charge in [0.25, 0.3) is 0 Å². The highest BCUT2D eigenvalue weighted by Gasteiger charge is 2.57. The molecule has 0 amide bonds. The summed E-state index contributed by atoms with van der Waals surface area (Å²) in [5.41, 5.74) is 0.571. The third kappa shape index (κ3) is 0.681. The Labute approximate surface area is 73.5 Å². The van der Waals surface area contributed by atoms with Crippen LogP contribution in [-0.4, -0.2) is 5.78 Å². The third-order valence-electron chi connectivity index (χ3n) is 4.74. The number of rotatable bonds is 0. The molecule has 12 heavy (non-hydrogen) atoms. The van der Waals surface area contributed by atoms with Crippen LogP contribution in [0.3, 0.4) is 0 Å². The van der Waals surface area contributed by atoms with Gasteiger partial charge in [-0.2, -0.15) is 0 Å².